The second kappa shape index (κ2) is 4.91. The summed E-state index contributed by atoms with van der Waals surface area (Å²) in [4.78, 5) is 3.78. The van der Waals surface area contributed by atoms with Crippen LogP contribution in [0.3, 0.4) is 0 Å². The van der Waals surface area contributed by atoms with Crippen molar-refractivity contribution in [3.05, 3.63) is 40.2 Å². The van der Waals surface area contributed by atoms with Crippen molar-refractivity contribution in [2.75, 3.05) is 4.72 Å². The molecule has 0 fully saturated rings. The van der Waals surface area contributed by atoms with E-state index in [0.29, 0.717) is 10.2 Å². The van der Waals surface area contributed by atoms with Crippen LogP contribution in [0, 0.1) is 0 Å². The highest BCUT2D eigenvalue weighted by molar-refractivity contribution is 9.10. The van der Waals surface area contributed by atoms with Crippen LogP contribution in [0.25, 0.3) is 0 Å². The van der Waals surface area contributed by atoms with Gasteiger partial charge in [0.25, 0.3) is 10.0 Å². The molecule has 2 rings (SSSR count). The van der Waals surface area contributed by atoms with Crippen molar-refractivity contribution in [3.63, 3.8) is 0 Å². The highest BCUT2D eigenvalue weighted by Crippen LogP contribution is 2.26. The van der Waals surface area contributed by atoms with Crippen LogP contribution in [0.4, 0.5) is 5.69 Å². The minimum atomic E-state index is -3.79. The Morgan fingerprint density at radius 1 is 1.39 bits per heavy atom. The van der Waals surface area contributed by atoms with E-state index >= 15 is 0 Å². The Hall–Kier alpha value is -1.05. The maximum atomic E-state index is 12.1. The van der Waals surface area contributed by atoms with E-state index in [4.69, 9.17) is 11.6 Å². The van der Waals surface area contributed by atoms with Crippen LogP contribution in [0.2, 0.25) is 5.15 Å². The van der Waals surface area contributed by atoms with Crippen LogP contribution >= 0.6 is 27.5 Å². The van der Waals surface area contributed by atoms with Gasteiger partial charge in [-0.2, -0.15) is 8.42 Å². The number of anilines is 1. The summed E-state index contributed by atoms with van der Waals surface area (Å²) in [5, 5.41) is -0.128. The topological polar surface area (TPSA) is 64.0 Å². The first-order chi connectivity index (χ1) is 8.42. The highest BCUT2D eigenvalue weighted by Gasteiger charge is 2.22. The van der Waals surface area contributed by atoms with Gasteiger partial charge in [-0.05, 0) is 28.1 Å². The van der Waals surface area contributed by atoms with Crippen molar-refractivity contribution < 1.29 is 8.42 Å². The number of hydrogen-bond donors (Lipinski definition) is 1. The second-order valence-electron chi connectivity index (χ2n) is 3.54. The molecule has 0 spiro atoms. The van der Waals surface area contributed by atoms with E-state index in [1.807, 2.05) is 0 Å². The molecule has 0 saturated heterocycles. The largest absolute Gasteiger partial charge is 0.324 e. The van der Waals surface area contributed by atoms with Gasteiger partial charge >= 0.3 is 0 Å². The molecule has 0 saturated carbocycles. The van der Waals surface area contributed by atoms with Crippen molar-refractivity contribution in [1.29, 1.82) is 0 Å². The summed E-state index contributed by atoms with van der Waals surface area (Å²) in [6.45, 7) is 0. The molecule has 2 aromatic rings. The van der Waals surface area contributed by atoms with Gasteiger partial charge < -0.3 is 4.57 Å². The molecular formula is C10H9BrClN3O2S. The lowest BCUT2D eigenvalue weighted by Crippen LogP contribution is -2.14. The maximum absolute atomic E-state index is 12.1. The van der Waals surface area contributed by atoms with Crippen LogP contribution in [0.5, 0.6) is 0 Å². The monoisotopic (exact) mass is 349 g/mol. The summed E-state index contributed by atoms with van der Waals surface area (Å²) < 4.78 is 28.7. The number of benzene rings is 1. The van der Waals surface area contributed by atoms with E-state index in [9.17, 15) is 8.42 Å². The first-order valence-corrected chi connectivity index (χ1v) is 7.51. The molecule has 0 amide bonds. The molecule has 0 atom stereocenters. The summed E-state index contributed by atoms with van der Waals surface area (Å²) in [7, 11) is -2.17. The smallest absolute Gasteiger partial charge is 0.282 e. The molecular weight excluding hydrogens is 342 g/mol. The zero-order valence-electron chi connectivity index (χ0n) is 9.26. The fourth-order valence-electron chi connectivity index (χ4n) is 1.31. The number of nitrogens with zero attached hydrogens (tertiary/aromatic N) is 2. The molecule has 18 heavy (non-hydrogen) atoms. The van der Waals surface area contributed by atoms with E-state index in [2.05, 4.69) is 25.6 Å². The number of hydrogen-bond acceptors (Lipinski definition) is 3. The first kappa shape index (κ1) is 13.4. The summed E-state index contributed by atoms with van der Waals surface area (Å²) >= 11 is 9.13. The van der Waals surface area contributed by atoms with Crippen molar-refractivity contribution in [1.82, 2.24) is 9.55 Å². The van der Waals surface area contributed by atoms with E-state index in [-0.39, 0.29) is 10.2 Å². The van der Waals surface area contributed by atoms with Crippen molar-refractivity contribution in [2.45, 2.75) is 5.03 Å². The summed E-state index contributed by atoms with van der Waals surface area (Å²) in [6.07, 6.45) is 1.34. The lowest BCUT2D eigenvalue weighted by Gasteiger charge is -2.07. The molecule has 96 valence electrons. The first-order valence-electron chi connectivity index (χ1n) is 4.86. The third-order valence-corrected chi connectivity index (χ3v) is 4.75. The number of halogens is 2. The number of imidazole rings is 1. The average molecular weight is 351 g/mol. The molecule has 0 aliphatic carbocycles. The predicted molar refractivity (Wildman–Crippen MR) is 73.2 cm³/mol. The van der Waals surface area contributed by atoms with Gasteiger partial charge in [-0.15, -0.1) is 0 Å². The quantitative estimate of drug-likeness (QED) is 0.925. The molecule has 1 N–H and O–H groups in total. The normalized spacial score (nSPS) is 11.5. The Labute approximate surface area is 118 Å². The van der Waals surface area contributed by atoms with Crippen LogP contribution in [-0.4, -0.2) is 18.0 Å². The van der Waals surface area contributed by atoms with Crippen LogP contribution < -0.4 is 4.72 Å². The number of para-hydroxylation sites is 1. The summed E-state index contributed by atoms with van der Waals surface area (Å²) in [5.74, 6) is 0. The molecule has 0 bridgehead atoms. The minimum Gasteiger partial charge on any atom is -0.324 e. The fraction of sp³-hybridized carbons (Fsp3) is 0.100. The van der Waals surface area contributed by atoms with Gasteiger partial charge in [0, 0.05) is 11.5 Å². The Balaban J connectivity index is 2.40. The lowest BCUT2D eigenvalue weighted by molar-refractivity contribution is 0.598. The van der Waals surface area contributed by atoms with E-state index in [1.54, 1.807) is 31.3 Å². The van der Waals surface area contributed by atoms with Crippen molar-refractivity contribution >= 4 is 43.2 Å². The van der Waals surface area contributed by atoms with E-state index in [1.165, 1.54) is 10.9 Å². The molecule has 0 aliphatic rings. The lowest BCUT2D eigenvalue weighted by atomic mass is 10.3. The van der Waals surface area contributed by atoms with Crippen LogP contribution in [0.15, 0.2) is 40.1 Å². The zero-order valence-corrected chi connectivity index (χ0v) is 12.4. The Kier molecular flexibility index (Phi) is 3.65. The van der Waals surface area contributed by atoms with Gasteiger partial charge in [0.15, 0.2) is 0 Å². The molecule has 0 unspecified atom stereocenters. The average Bonchev–Trinajstić information content (AvgIpc) is 2.63. The van der Waals surface area contributed by atoms with Crippen LogP contribution in [-0.2, 0) is 17.1 Å². The Morgan fingerprint density at radius 2 is 2.06 bits per heavy atom. The third-order valence-electron chi connectivity index (χ3n) is 2.21. The molecule has 5 nitrogen and oxygen atoms in total. The van der Waals surface area contributed by atoms with Crippen LogP contribution in [0.1, 0.15) is 0 Å². The number of aromatic nitrogens is 2. The van der Waals surface area contributed by atoms with E-state index in [0.717, 1.165) is 0 Å². The van der Waals surface area contributed by atoms with Gasteiger partial charge in [0.05, 0.1) is 12.0 Å². The second-order valence-corrected chi connectivity index (χ2v) is 6.35. The minimum absolute atomic E-state index is 0.0644. The number of sulfonamides is 1. The summed E-state index contributed by atoms with van der Waals surface area (Å²) in [5.41, 5.74) is 0.430. The summed E-state index contributed by atoms with van der Waals surface area (Å²) in [6, 6.07) is 6.88. The Bertz CT molecular complexity index is 684. The Morgan fingerprint density at radius 3 is 2.61 bits per heavy atom. The van der Waals surface area contributed by atoms with Crippen molar-refractivity contribution in [3.8, 4) is 0 Å². The van der Waals surface area contributed by atoms with Gasteiger partial charge in [-0.25, -0.2) is 4.98 Å². The maximum Gasteiger partial charge on any atom is 0.282 e. The third kappa shape index (κ3) is 2.52. The SMILES string of the molecule is Cn1cnc(S(=O)(=O)Nc2ccccc2Br)c1Cl. The predicted octanol–water partition coefficient (Wildman–Crippen LogP) is 2.64. The highest BCUT2D eigenvalue weighted by atomic mass is 79.9. The van der Waals surface area contributed by atoms with Gasteiger partial charge in [0.2, 0.25) is 5.03 Å². The molecule has 1 aromatic heterocycles. The van der Waals surface area contributed by atoms with Gasteiger partial charge in [0.1, 0.15) is 5.15 Å². The zero-order chi connectivity index (χ0) is 13.3. The van der Waals surface area contributed by atoms with Gasteiger partial charge in [-0.1, -0.05) is 23.7 Å². The molecule has 8 heteroatoms. The van der Waals surface area contributed by atoms with E-state index < -0.39 is 10.0 Å². The molecule has 0 aliphatic heterocycles. The number of aryl methyl sites for hydroxylation is 1. The van der Waals surface area contributed by atoms with Crippen molar-refractivity contribution in [2.24, 2.45) is 7.05 Å². The van der Waals surface area contributed by atoms with Gasteiger partial charge in [-0.3, -0.25) is 4.72 Å². The number of rotatable bonds is 3. The molecule has 1 heterocycles. The molecule has 0 radical (unpaired) electrons. The fourth-order valence-corrected chi connectivity index (χ4v) is 3.34. The standard InChI is InChI=1S/C10H9BrClN3O2S/c1-15-6-13-10(9(15)12)18(16,17)14-8-5-3-2-4-7(8)11/h2-6,14H,1H3. The number of nitrogens with one attached hydrogen (secondary N) is 1. The molecule has 1 aromatic carbocycles.